The first-order valence-electron chi connectivity index (χ1n) is 7.94. The van der Waals surface area contributed by atoms with Gasteiger partial charge in [0.25, 0.3) is 0 Å². The second kappa shape index (κ2) is 6.88. The predicted molar refractivity (Wildman–Crippen MR) is 88.3 cm³/mol. The fourth-order valence-corrected chi connectivity index (χ4v) is 4.02. The Morgan fingerprint density at radius 2 is 1.82 bits per heavy atom. The lowest BCUT2D eigenvalue weighted by atomic mass is 9.90. The molecule has 3 rings (SSSR count). The molecular weight excluding hydrogens is 321 g/mol. The zero-order chi connectivity index (χ0) is 15.6. The number of ether oxygens (including phenoxy) is 1. The number of nitrogens with zero attached hydrogens (tertiary/aromatic N) is 1. The smallest absolute Gasteiger partial charge is 0.148 e. The summed E-state index contributed by atoms with van der Waals surface area (Å²) in [6.07, 6.45) is 6.10. The lowest BCUT2D eigenvalue weighted by Gasteiger charge is -2.44. The van der Waals surface area contributed by atoms with E-state index in [0.717, 1.165) is 37.8 Å². The maximum atomic E-state index is 11.7. The third-order valence-corrected chi connectivity index (χ3v) is 5.49. The van der Waals surface area contributed by atoms with Crippen molar-refractivity contribution in [1.29, 1.82) is 0 Å². The number of Topliss-reactive ketones (excluding diaryl/α,β-unsaturated/α-hetero) is 1. The van der Waals surface area contributed by atoms with Crippen LogP contribution in [0.4, 0.5) is 0 Å². The summed E-state index contributed by atoms with van der Waals surface area (Å²) in [5.74, 6) is 0.310. The third kappa shape index (κ3) is 3.33. The molecule has 1 saturated carbocycles. The summed E-state index contributed by atoms with van der Waals surface area (Å²) in [7, 11) is 0. The first-order chi connectivity index (χ1) is 10.6. The van der Waals surface area contributed by atoms with Crippen LogP contribution in [-0.4, -0.2) is 29.5 Å². The lowest BCUT2D eigenvalue weighted by molar-refractivity contribution is -0.177. The summed E-state index contributed by atoms with van der Waals surface area (Å²) in [5.41, 5.74) is 0.508. The topological polar surface area (TPSA) is 29.5 Å². The fourth-order valence-electron chi connectivity index (χ4n) is 3.51. The van der Waals surface area contributed by atoms with Gasteiger partial charge >= 0.3 is 0 Å². The number of hydrogen-bond donors (Lipinski definition) is 0. The number of halogens is 2. The summed E-state index contributed by atoms with van der Waals surface area (Å²) in [4.78, 5) is 13.9. The van der Waals surface area contributed by atoms with Crippen LogP contribution in [0, 0.1) is 0 Å². The van der Waals surface area contributed by atoms with Crippen molar-refractivity contribution in [1.82, 2.24) is 4.90 Å². The highest BCUT2D eigenvalue weighted by molar-refractivity contribution is 6.35. The van der Waals surface area contributed by atoms with E-state index >= 15 is 0 Å². The fraction of sp³-hybridized carbons (Fsp3) is 0.588. The summed E-state index contributed by atoms with van der Waals surface area (Å²) < 4.78 is 6.36. The number of likely N-dealkylation sites (tertiary alicyclic amines) is 1. The molecule has 120 valence electrons. The largest absolute Gasteiger partial charge is 0.356 e. The highest BCUT2D eigenvalue weighted by Crippen LogP contribution is 2.38. The van der Waals surface area contributed by atoms with Gasteiger partial charge in [-0.1, -0.05) is 35.7 Å². The molecule has 1 saturated heterocycles. The Balaban J connectivity index is 1.77. The number of benzene rings is 1. The Bertz CT molecular complexity index is 535. The summed E-state index contributed by atoms with van der Waals surface area (Å²) in [6, 6.07) is 5.50. The van der Waals surface area contributed by atoms with Gasteiger partial charge in [-0.15, -0.1) is 0 Å². The Kier molecular flexibility index (Phi) is 5.08. The minimum Gasteiger partial charge on any atom is -0.356 e. The normalized spacial score (nSPS) is 22.2. The monoisotopic (exact) mass is 341 g/mol. The van der Waals surface area contributed by atoms with E-state index in [1.54, 1.807) is 0 Å². The van der Waals surface area contributed by atoms with Gasteiger partial charge in [0.05, 0.1) is 13.2 Å². The van der Waals surface area contributed by atoms with Gasteiger partial charge in [-0.05, 0) is 37.8 Å². The van der Waals surface area contributed by atoms with E-state index < -0.39 is 0 Å². The maximum Gasteiger partial charge on any atom is 0.148 e. The zero-order valence-electron chi connectivity index (χ0n) is 12.6. The van der Waals surface area contributed by atoms with E-state index in [4.69, 9.17) is 27.9 Å². The van der Waals surface area contributed by atoms with Gasteiger partial charge in [-0.25, -0.2) is 0 Å². The van der Waals surface area contributed by atoms with E-state index in [0.29, 0.717) is 35.4 Å². The Morgan fingerprint density at radius 1 is 1.14 bits per heavy atom. The van der Waals surface area contributed by atoms with Crippen LogP contribution in [0.1, 0.15) is 44.1 Å². The second-order valence-corrected chi connectivity index (χ2v) is 7.02. The van der Waals surface area contributed by atoms with Crippen LogP contribution in [-0.2, 0) is 16.1 Å². The van der Waals surface area contributed by atoms with Crippen LogP contribution >= 0.6 is 23.2 Å². The van der Waals surface area contributed by atoms with Crippen LogP contribution in [0.3, 0.4) is 0 Å². The molecule has 0 bridgehead atoms. The van der Waals surface area contributed by atoms with Crippen molar-refractivity contribution < 1.29 is 9.53 Å². The first kappa shape index (κ1) is 16.3. The molecule has 0 aromatic heterocycles. The van der Waals surface area contributed by atoms with Crippen molar-refractivity contribution in [2.24, 2.45) is 0 Å². The SMILES string of the molecule is O=C1CCN(C2(OCc3c(Cl)cccc3Cl)CCCCC2)C1. The van der Waals surface area contributed by atoms with E-state index in [2.05, 4.69) is 4.90 Å². The lowest BCUT2D eigenvalue weighted by Crippen LogP contribution is -2.51. The quantitative estimate of drug-likeness (QED) is 0.810. The van der Waals surface area contributed by atoms with Crippen molar-refractivity contribution in [2.75, 3.05) is 13.1 Å². The minimum atomic E-state index is -0.326. The Labute approximate surface area is 141 Å². The van der Waals surface area contributed by atoms with Crippen LogP contribution < -0.4 is 0 Å². The van der Waals surface area contributed by atoms with Gasteiger partial charge in [0.1, 0.15) is 11.5 Å². The van der Waals surface area contributed by atoms with E-state index in [-0.39, 0.29) is 5.72 Å². The van der Waals surface area contributed by atoms with E-state index in [1.807, 2.05) is 18.2 Å². The molecule has 5 heteroatoms. The molecule has 1 aliphatic carbocycles. The van der Waals surface area contributed by atoms with Crippen molar-refractivity contribution in [3.05, 3.63) is 33.8 Å². The molecule has 1 aromatic rings. The van der Waals surface area contributed by atoms with Crippen molar-refractivity contribution in [3.8, 4) is 0 Å². The van der Waals surface area contributed by atoms with Crippen molar-refractivity contribution >= 4 is 29.0 Å². The number of carbonyl (C=O) groups is 1. The minimum absolute atomic E-state index is 0.310. The molecule has 0 unspecified atom stereocenters. The van der Waals surface area contributed by atoms with Gasteiger partial charge in [0.2, 0.25) is 0 Å². The van der Waals surface area contributed by atoms with Gasteiger partial charge in [-0.3, -0.25) is 9.69 Å². The van der Waals surface area contributed by atoms with E-state index in [1.165, 1.54) is 6.42 Å². The van der Waals surface area contributed by atoms with E-state index in [9.17, 15) is 4.79 Å². The van der Waals surface area contributed by atoms with Gasteiger partial charge in [0.15, 0.2) is 0 Å². The highest BCUT2D eigenvalue weighted by Gasteiger charge is 2.42. The molecular formula is C17H21Cl2NO2. The molecule has 3 nitrogen and oxygen atoms in total. The molecule has 0 N–H and O–H groups in total. The van der Waals surface area contributed by atoms with Gasteiger partial charge < -0.3 is 4.74 Å². The highest BCUT2D eigenvalue weighted by atomic mass is 35.5. The van der Waals surface area contributed by atoms with Crippen LogP contribution in [0.25, 0.3) is 0 Å². The van der Waals surface area contributed by atoms with Crippen LogP contribution in [0.2, 0.25) is 10.0 Å². The molecule has 0 radical (unpaired) electrons. The molecule has 1 aliphatic heterocycles. The summed E-state index contributed by atoms with van der Waals surface area (Å²) in [5, 5.41) is 1.27. The standard InChI is InChI=1S/C17H21Cl2NO2/c18-15-5-4-6-16(19)14(15)12-22-17(8-2-1-3-9-17)20-10-7-13(21)11-20/h4-6H,1-3,7-12H2. The van der Waals surface area contributed by atoms with Crippen LogP contribution in [0.5, 0.6) is 0 Å². The number of hydrogen-bond acceptors (Lipinski definition) is 3. The molecule has 1 aromatic carbocycles. The van der Waals surface area contributed by atoms with Gasteiger partial charge in [0, 0.05) is 28.6 Å². The average molecular weight is 342 g/mol. The Hall–Kier alpha value is -0.610. The van der Waals surface area contributed by atoms with Gasteiger partial charge in [-0.2, -0.15) is 0 Å². The molecule has 22 heavy (non-hydrogen) atoms. The first-order valence-corrected chi connectivity index (χ1v) is 8.70. The summed E-state index contributed by atoms with van der Waals surface area (Å²) >= 11 is 12.5. The average Bonchev–Trinajstić information content (AvgIpc) is 2.95. The van der Waals surface area contributed by atoms with Crippen molar-refractivity contribution in [3.63, 3.8) is 0 Å². The molecule has 0 amide bonds. The molecule has 1 heterocycles. The number of carbonyl (C=O) groups excluding carboxylic acids is 1. The predicted octanol–water partition coefficient (Wildman–Crippen LogP) is 4.45. The maximum absolute atomic E-state index is 11.7. The molecule has 0 atom stereocenters. The second-order valence-electron chi connectivity index (χ2n) is 6.21. The molecule has 2 aliphatic rings. The molecule has 0 spiro atoms. The zero-order valence-corrected chi connectivity index (χ0v) is 14.1. The molecule has 2 fully saturated rings. The Morgan fingerprint density at radius 3 is 2.41 bits per heavy atom. The summed E-state index contributed by atoms with van der Waals surface area (Å²) in [6.45, 7) is 1.70. The number of rotatable bonds is 4. The van der Waals surface area contributed by atoms with Crippen molar-refractivity contribution in [2.45, 2.75) is 50.9 Å². The number of ketones is 1. The van der Waals surface area contributed by atoms with Crippen LogP contribution in [0.15, 0.2) is 18.2 Å². The third-order valence-electron chi connectivity index (χ3n) is 4.79.